The molecule has 0 bridgehead atoms. The molecule has 0 amide bonds. The summed E-state index contributed by atoms with van der Waals surface area (Å²) in [6.45, 7) is 4.93. The number of rotatable bonds is 7. The summed E-state index contributed by atoms with van der Waals surface area (Å²) in [5.41, 5.74) is 5.39. The molecule has 0 aliphatic heterocycles. The van der Waals surface area contributed by atoms with E-state index in [1.165, 1.54) is 5.56 Å². The first-order chi connectivity index (χ1) is 12.1. The molecule has 2 heterocycles. The molecule has 0 saturated heterocycles. The zero-order valence-electron chi connectivity index (χ0n) is 15.8. The van der Waals surface area contributed by atoms with Crippen LogP contribution in [-0.2, 0) is 5.33 Å². The highest BCUT2D eigenvalue weighted by Gasteiger charge is 2.14. The van der Waals surface area contributed by atoms with Crippen molar-refractivity contribution in [1.29, 1.82) is 0 Å². The number of hydrogen-bond acceptors (Lipinski definition) is 4. The Morgan fingerprint density at radius 3 is 2.48 bits per heavy atom. The van der Waals surface area contributed by atoms with Crippen LogP contribution in [0, 0.1) is 13.8 Å². The predicted octanol–water partition coefficient (Wildman–Crippen LogP) is 3.39. The van der Waals surface area contributed by atoms with Gasteiger partial charge in [-0.1, -0.05) is 22.0 Å². The van der Waals surface area contributed by atoms with Crippen LogP contribution < -0.4 is 4.74 Å². The summed E-state index contributed by atoms with van der Waals surface area (Å²) in [6.07, 6.45) is 5.19. The Labute approximate surface area is 172 Å². The van der Waals surface area contributed by atoms with E-state index in [-0.39, 0.29) is 11.0 Å². The molecular weight excluding hydrogens is 430 g/mol. The molecular formula is C19H26BrN3O3S. The Morgan fingerprint density at radius 1 is 1.15 bits per heavy atom. The van der Waals surface area contributed by atoms with Crippen molar-refractivity contribution in [1.82, 2.24) is 14.6 Å². The van der Waals surface area contributed by atoms with E-state index in [1.54, 1.807) is 0 Å². The van der Waals surface area contributed by atoms with Gasteiger partial charge in [0.05, 0.1) is 6.61 Å². The monoisotopic (exact) mass is 455 g/mol. The van der Waals surface area contributed by atoms with Gasteiger partial charge in [0, 0.05) is 17.1 Å². The molecule has 148 valence electrons. The van der Waals surface area contributed by atoms with Crippen molar-refractivity contribution >= 4 is 33.3 Å². The number of nitrogens with zero attached hydrogens (tertiary/aromatic N) is 3. The molecule has 2 aromatic heterocycles. The molecule has 0 saturated carbocycles. The fraction of sp³-hybridized carbons (Fsp3) is 0.368. The minimum Gasteiger partial charge on any atom is -0.494 e. The minimum atomic E-state index is 0. The molecule has 3 rings (SSSR count). The molecule has 0 unspecified atom stereocenters. The summed E-state index contributed by atoms with van der Waals surface area (Å²) in [5.74, 6) is 2.80. The van der Waals surface area contributed by atoms with Crippen molar-refractivity contribution in [2.75, 3.05) is 18.6 Å². The lowest BCUT2D eigenvalue weighted by Crippen LogP contribution is -2.00. The molecule has 0 spiro atoms. The maximum Gasteiger partial charge on any atom is 0.182 e. The normalized spacial score (nSPS) is 10.4. The van der Waals surface area contributed by atoms with Crippen molar-refractivity contribution in [3.8, 4) is 17.1 Å². The molecule has 0 aliphatic carbocycles. The summed E-state index contributed by atoms with van der Waals surface area (Å²) in [5, 5.41) is 5.47. The van der Waals surface area contributed by atoms with Crippen LogP contribution in [0.4, 0.5) is 0 Å². The van der Waals surface area contributed by atoms with Gasteiger partial charge in [-0.2, -0.15) is 11.8 Å². The summed E-state index contributed by atoms with van der Waals surface area (Å²) in [7, 11) is 0. The molecule has 0 atom stereocenters. The van der Waals surface area contributed by atoms with Crippen LogP contribution in [-0.4, -0.2) is 44.2 Å². The van der Waals surface area contributed by atoms with Gasteiger partial charge < -0.3 is 15.7 Å². The molecule has 3 aromatic rings. The van der Waals surface area contributed by atoms with Crippen molar-refractivity contribution in [3.05, 3.63) is 47.2 Å². The van der Waals surface area contributed by atoms with E-state index in [1.807, 2.05) is 28.5 Å². The van der Waals surface area contributed by atoms with E-state index in [9.17, 15) is 0 Å². The number of alkyl halides is 1. The average molecular weight is 456 g/mol. The SMILES string of the molecule is CSCCCOc1cc(C)c(-c2nc3ccc(CBr)cn3n2)c(C)c1.O.O. The number of aromatic nitrogens is 3. The zero-order valence-corrected chi connectivity index (χ0v) is 18.2. The maximum atomic E-state index is 5.89. The Morgan fingerprint density at radius 2 is 1.85 bits per heavy atom. The third kappa shape index (κ3) is 5.44. The van der Waals surface area contributed by atoms with Gasteiger partial charge in [0.2, 0.25) is 0 Å². The number of benzene rings is 1. The zero-order chi connectivity index (χ0) is 17.8. The fourth-order valence-corrected chi connectivity index (χ4v) is 3.60. The summed E-state index contributed by atoms with van der Waals surface area (Å²) in [4.78, 5) is 4.69. The topological polar surface area (TPSA) is 102 Å². The third-order valence-corrected chi connectivity index (χ3v) is 5.38. The predicted molar refractivity (Wildman–Crippen MR) is 116 cm³/mol. The van der Waals surface area contributed by atoms with Gasteiger partial charge in [-0.05, 0) is 67.2 Å². The van der Waals surface area contributed by atoms with Crippen LogP contribution >= 0.6 is 27.7 Å². The number of pyridine rings is 1. The lowest BCUT2D eigenvalue weighted by atomic mass is 10.0. The quantitative estimate of drug-likeness (QED) is 0.402. The average Bonchev–Trinajstić information content (AvgIpc) is 3.00. The highest BCUT2D eigenvalue weighted by atomic mass is 79.9. The Hall–Kier alpha value is -1.61. The van der Waals surface area contributed by atoms with Crippen molar-refractivity contribution in [2.24, 2.45) is 0 Å². The fourth-order valence-electron chi connectivity index (χ4n) is 2.86. The summed E-state index contributed by atoms with van der Waals surface area (Å²) >= 11 is 5.33. The van der Waals surface area contributed by atoms with E-state index >= 15 is 0 Å². The summed E-state index contributed by atoms with van der Waals surface area (Å²) in [6, 6.07) is 8.23. The largest absolute Gasteiger partial charge is 0.494 e. The van der Waals surface area contributed by atoms with Gasteiger partial charge >= 0.3 is 0 Å². The maximum absolute atomic E-state index is 5.89. The molecule has 4 N–H and O–H groups in total. The van der Waals surface area contributed by atoms with Crippen molar-refractivity contribution in [3.63, 3.8) is 0 Å². The molecule has 0 fully saturated rings. The van der Waals surface area contributed by atoms with Gasteiger partial charge in [0.1, 0.15) is 5.75 Å². The Bertz CT molecular complexity index is 863. The first kappa shape index (κ1) is 23.4. The number of hydrogen-bond donors (Lipinski definition) is 0. The van der Waals surface area contributed by atoms with Crippen LogP contribution in [0.25, 0.3) is 17.0 Å². The number of ether oxygens (including phenoxy) is 1. The van der Waals surface area contributed by atoms with Gasteiger partial charge in [0.15, 0.2) is 11.5 Å². The van der Waals surface area contributed by atoms with E-state index < -0.39 is 0 Å². The second-order valence-electron chi connectivity index (χ2n) is 6.04. The van der Waals surface area contributed by atoms with Crippen LogP contribution in [0.5, 0.6) is 5.75 Å². The van der Waals surface area contributed by atoms with Gasteiger partial charge in [0.25, 0.3) is 0 Å². The molecule has 8 heteroatoms. The summed E-state index contributed by atoms with van der Waals surface area (Å²) < 4.78 is 7.73. The van der Waals surface area contributed by atoms with E-state index in [0.29, 0.717) is 0 Å². The second-order valence-corrected chi connectivity index (χ2v) is 7.58. The first-order valence-electron chi connectivity index (χ1n) is 8.27. The highest BCUT2D eigenvalue weighted by molar-refractivity contribution is 9.08. The number of halogens is 1. The molecule has 0 aliphatic rings. The Kier molecular flexibility index (Phi) is 9.25. The Balaban J connectivity index is 0.00000182. The highest BCUT2D eigenvalue weighted by Crippen LogP contribution is 2.29. The number of aryl methyl sites for hydroxylation is 2. The lowest BCUT2D eigenvalue weighted by molar-refractivity contribution is 0.318. The van der Waals surface area contributed by atoms with Crippen molar-refractivity contribution in [2.45, 2.75) is 25.6 Å². The standard InChI is InChI=1S/C19H22BrN3OS.2H2O/c1-13-9-16(24-7-4-8-25-3)10-14(2)18(13)19-21-17-6-5-15(11-20)12-23(17)22-19;;/h5-6,9-10,12H,4,7-8,11H2,1-3H3;2*1H2. The molecule has 1 aromatic carbocycles. The van der Waals surface area contributed by atoms with Gasteiger partial charge in [-0.15, -0.1) is 5.10 Å². The van der Waals surface area contributed by atoms with E-state index in [4.69, 9.17) is 4.74 Å². The van der Waals surface area contributed by atoms with Crippen LogP contribution in [0.3, 0.4) is 0 Å². The minimum absolute atomic E-state index is 0. The molecule has 27 heavy (non-hydrogen) atoms. The lowest BCUT2D eigenvalue weighted by Gasteiger charge is -2.11. The second kappa shape index (κ2) is 10.7. The third-order valence-electron chi connectivity index (χ3n) is 4.04. The molecule has 0 radical (unpaired) electrons. The molecule has 6 nitrogen and oxygen atoms in total. The van der Waals surface area contributed by atoms with Crippen LogP contribution in [0.15, 0.2) is 30.5 Å². The van der Waals surface area contributed by atoms with E-state index in [2.05, 4.69) is 64.3 Å². The van der Waals surface area contributed by atoms with Gasteiger partial charge in [-0.3, -0.25) is 0 Å². The van der Waals surface area contributed by atoms with Crippen LogP contribution in [0.2, 0.25) is 0 Å². The van der Waals surface area contributed by atoms with Crippen molar-refractivity contribution < 1.29 is 15.7 Å². The number of fused-ring (bicyclic) bond motifs is 1. The first-order valence-corrected chi connectivity index (χ1v) is 10.8. The van der Waals surface area contributed by atoms with E-state index in [0.717, 1.165) is 58.0 Å². The number of thioether (sulfide) groups is 1. The van der Waals surface area contributed by atoms with Gasteiger partial charge in [-0.25, -0.2) is 9.50 Å². The smallest absolute Gasteiger partial charge is 0.182 e. The van der Waals surface area contributed by atoms with Crippen LogP contribution in [0.1, 0.15) is 23.1 Å².